The van der Waals surface area contributed by atoms with Crippen LogP contribution in [0.3, 0.4) is 0 Å². The van der Waals surface area contributed by atoms with Gasteiger partial charge in [0.25, 0.3) is 5.91 Å². The molecule has 2 aromatic rings. The first-order chi connectivity index (χ1) is 11.6. The van der Waals surface area contributed by atoms with Gasteiger partial charge >= 0.3 is 0 Å². The summed E-state index contributed by atoms with van der Waals surface area (Å²) in [4.78, 5) is 23.4. The molecule has 0 spiro atoms. The summed E-state index contributed by atoms with van der Waals surface area (Å²) in [7, 11) is 0. The number of carbonyl (C=O) groups is 1. The van der Waals surface area contributed by atoms with Gasteiger partial charge in [-0.25, -0.2) is 4.98 Å². The molecule has 0 unspecified atom stereocenters. The number of aromatic nitrogens is 2. The minimum absolute atomic E-state index is 0.0135. The molecular weight excluding hydrogens is 326 g/mol. The maximum atomic E-state index is 12.6. The Kier molecular flexibility index (Phi) is 5.11. The normalized spacial score (nSPS) is 21.4. The number of ether oxygens (including phenoxy) is 1. The van der Waals surface area contributed by atoms with Gasteiger partial charge in [0.2, 0.25) is 0 Å². The summed E-state index contributed by atoms with van der Waals surface area (Å²) in [5.74, 6) is 0.667. The fourth-order valence-corrected chi connectivity index (χ4v) is 3.58. The number of aliphatic hydroxyl groups is 1. The Morgan fingerprint density at radius 3 is 2.79 bits per heavy atom. The van der Waals surface area contributed by atoms with E-state index in [4.69, 9.17) is 4.74 Å². The number of aliphatic hydroxyl groups excluding tert-OH is 1. The molecule has 1 saturated heterocycles. The van der Waals surface area contributed by atoms with Gasteiger partial charge in [-0.2, -0.15) is 0 Å². The number of thiazole rings is 1. The van der Waals surface area contributed by atoms with Crippen LogP contribution in [0, 0.1) is 13.8 Å². The molecule has 3 rings (SSSR count). The summed E-state index contributed by atoms with van der Waals surface area (Å²) in [6, 6.07) is 3.66. The first-order valence-electron chi connectivity index (χ1n) is 8.02. The number of nitrogens with zero attached hydrogens (tertiary/aromatic N) is 3. The lowest BCUT2D eigenvalue weighted by Crippen LogP contribution is -2.32. The molecule has 0 aliphatic carbocycles. The van der Waals surface area contributed by atoms with Crippen LogP contribution in [-0.2, 0) is 0 Å². The van der Waals surface area contributed by atoms with Crippen LogP contribution in [0.1, 0.15) is 33.9 Å². The number of aryl methyl sites for hydroxylation is 2. The zero-order valence-corrected chi connectivity index (χ0v) is 14.6. The second-order valence-corrected chi connectivity index (χ2v) is 6.80. The molecule has 1 aliphatic rings. The van der Waals surface area contributed by atoms with E-state index in [9.17, 15) is 9.90 Å². The Labute approximate surface area is 145 Å². The van der Waals surface area contributed by atoms with E-state index in [0.717, 1.165) is 11.4 Å². The van der Waals surface area contributed by atoms with Crippen LogP contribution in [0.25, 0.3) is 0 Å². The smallest absolute Gasteiger partial charge is 0.265 e. The zero-order valence-electron chi connectivity index (χ0n) is 13.8. The van der Waals surface area contributed by atoms with Crippen LogP contribution < -0.4 is 4.74 Å². The number of pyridine rings is 1. The Hall–Kier alpha value is -1.99. The molecule has 0 bridgehead atoms. The number of carbonyl (C=O) groups excluding carboxylic acids is 1. The van der Waals surface area contributed by atoms with Crippen LogP contribution in [0.2, 0.25) is 0 Å². The van der Waals surface area contributed by atoms with E-state index < -0.39 is 6.10 Å². The fourth-order valence-electron chi connectivity index (χ4n) is 2.81. The molecule has 0 saturated carbocycles. The number of hydrogen-bond donors (Lipinski definition) is 1. The van der Waals surface area contributed by atoms with Gasteiger partial charge in [-0.3, -0.25) is 9.78 Å². The summed E-state index contributed by atoms with van der Waals surface area (Å²) in [5.41, 5.74) is 3.24. The molecule has 6 nitrogen and oxygen atoms in total. The lowest BCUT2D eigenvalue weighted by Gasteiger charge is -2.22. The SMILES string of the molecule is Cc1ncccc1O[C@H]1CCN(C(=O)c2scnc2C)CC[C@@H]1O. The van der Waals surface area contributed by atoms with Gasteiger partial charge in [-0.05, 0) is 32.4 Å². The average molecular weight is 347 g/mol. The van der Waals surface area contributed by atoms with Crippen LogP contribution in [0.15, 0.2) is 23.8 Å². The lowest BCUT2D eigenvalue weighted by molar-refractivity contribution is 0.0343. The molecule has 1 N–H and O–H groups in total. The first-order valence-corrected chi connectivity index (χ1v) is 8.90. The number of hydrogen-bond acceptors (Lipinski definition) is 6. The van der Waals surface area contributed by atoms with Crippen molar-refractivity contribution in [2.75, 3.05) is 13.1 Å². The van der Waals surface area contributed by atoms with Crippen molar-refractivity contribution >= 4 is 17.2 Å². The highest BCUT2D eigenvalue weighted by Crippen LogP contribution is 2.23. The molecule has 3 heterocycles. The zero-order chi connectivity index (χ0) is 17.1. The van der Waals surface area contributed by atoms with Crippen LogP contribution in [0.4, 0.5) is 0 Å². The molecule has 0 radical (unpaired) electrons. The van der Waals surface area contributed by atoms with Crippen LogP contribution in [-0.4, -0.2) is 51.2 Å². The van der Waals surface area contributed by atoms with Crippen molar-refractivity contribution in [3.8, 4) is 5.75 Å². The van der Waals surface area contributed by atoms with Gasteiger partial charge in [0.1, 0.15) is 16.7 Å². The molecule has 2 atom stereocenters. The number of likely N-dealkylation sites (tertiary alicyclic amines) is 1. The average Bonchev–Trinajstić information content (AvgIpc) is 2.91. The molecule has 7 heteroatoms. The molecule has 1 amide bonds. The predicted molar refractivity (Wildman–Crippen MR) is 91.4 cm³/mol. The molecule has 1 fully saturated rings. The second kappa shape index (κ2) is 7.27. The molecular formula is C17H21N3O3S. The summed E-state index contributed by atoms with van der Waals surface area (Å²) in [5, 5.41) is 10.4. The Morgan fingerprint density at radius 1 is 1.29 bits per heavy atom. The highest BCUT2D eigenvalue weighted by atomic mass is 32.1. The predicted octanol–water partition coefficient (Wildman–Crippen LogP) is 2.20. The van der Waals surface area contributed by atoms with Crippen molar-refractivity contribution in [2.24, 2.45) is 0 Å². The highest BCUT2D eigenvalue weighted by Gasteiger charge is 2.30. The second-order valence-electron chi connectivity index (χ2n) is 5.95. The van der Waals surface area contributed by atoms with E-state index >= 15 is 0 Å². The van der Waals surface area contributed by atoms with E-state index in [1.54, 1.807) is 16.6 Å². The fraction of sp³-hybridized carbons (Fsp3) is 0.471. The van der Waals surface area contributed by atoms with Gasteiger partial charge in [0.15, 0.2) is 0 Å². The monoisotopic (exact) mass is 347 g/mol. The van der Waals surface area contributed by atoms with Crippen molar-refractivity contribution in [2.45, 2.75) is 38.9 Å². The largest absolute Gasteiger partial charge is 0.486 e. The van der Waals surface area contributed by atoms with Gasteiger partial charge in [-0.1, -0.05) is 0 Å². The van der Waals surface area contributed by atoms with Crippen molar-refractivity contribution in [1.29, 1.82) is 0 Å². The summed E-state index contributed by atoms with van der Waals surface area (Å²) < 4.78 is 5.96. The quantitative estimate of drug-likeness (QED) is 0.921. The van der Waals surface area contributed by atoms with Gasteiger partial charge in [0.05, 0.1) is 23.0 Å². The maximum absolute atomic E-state index is 12.6. The molecule has 2 aromatic heterocycles. The minimum Gasteiger partial charge on any atom is -0.486 e. The van der Waals surface area contributed by atoms with E-state index in [0.29, 0.717) is 36.6 Å². The minimum atomic E-state index is -0.607. The van der Waals surface area contributed by atoms with Crippen LogP contribution in [0.5, 0.6) is 5.75 Å². The Bertz CT molecular complexity index is 719. The lowest BCUT2D eigenvalue weighted by atomic mass is 10.1. The number of amides is 1. The van der Waals surface area contributed by atoms with Crippen molar-refractivity contribution in [3.05, 3.63) is 40.1 Å². The van der Waals surface area contributed by atoms with E-state index in [1.807, 2.05) is 26.0 Å². The molecule has 0 aromatic carbocycles. The van der Waals surface area contributed by atoms with Crippen molar-refractivity contribution < 1.29 is 14.6 Å². The first kappa shape index (κ1) is 16.9. The molecule has 1 aliphatic heterocycles. The van der Waals surface area contributed by atoms with Gasteiger partial charge in [-0.15, -0.1) is 11.3 Å². The van der Waals surface area contributed by atoms with Crippen molar-refractivity contribution in [1.82, 2.24) is 14.9 Å². The third kappa shape index (κ3) is 3.57. The number of rotatable bonds is 3. The van der Waals surface area contributed by atoms with Crippen molar-refractivity contribution in [3.63, 3.8) is 0 Å². The standard InChI is InChI=1S/C17H21N3O3S/c1-11-14(4-3-7-18-11)23-15-6-9-20(8-5-13(15)21)17(22)16-12(2)19-10-24-16/h3-4,7,10,13,15,21H,5-6,8-9H2,1-2H3/t13-,15-/m0/s1. The van der Waals surface area contributed by atoms with Crippen LogP contribution >= 0.6 is 11.3 Å². The molecule has 128 valence electrons. The van der Waals surface area contributed by atoms with E-state index in [-0.39, 0.29) is 12.0 Å². The van der Waals surface area contributed by atoms with Gasteiger partial charge in [0, 0.05) is 25.7 Å². The Morgan fingerprint density at radius 2 is 2.08 bits per heavy atom. The van der Waals surface area contributed by atoms with E-state index in [1.165, 1.54) is 11.3 Å². The summed E-state index contributed by atoms with van der Waals surface area (Å²) in [6.45, 7) is 4.79. The highest BCUT2D eigenvalue weighted by molar-refractivity contribution is 7.11. The third-order valence-electron chi connectivity index (χ3n) is 4.27. The third-order valence-corrected chi connectivity index (χ3v) is 5.19. The Balaban J connectivity index is 1.68. The summed E-state index contributed by atoms with van der Waals surface area (Å²) in [6.07, 6.45) is 1.84. The molecule has 24 heavy (non-hydrogen) atoms. The topological polar surface area (TPSA) is 75.5 Å². The summed E-state index contributed by atoms with van der Waals surface area (Å²) >= 11 is 1.36. The van der Waals surface area contributed by atoms with Gasteiger partial charge < -0.3 is 14.7 Å². The maximum Gasteiger partial charge on any atom is 0.265 e. The van der Waals surface area contributed by atoms with E-state index in [2.05, 4.69) is 9.97 Å².